The zero-order valence-corrected chi connectivity index (χ0v) is 24.9. The molecule has 4 aromatic carbocycles. The third-order valence-corrected chi connectivity index (χ3v) is 7.90. The molecule has 45 heavy (non-hydrogen) atoms. The Balaban J connectivity index is 1.50. The first kappa shape index (κ1) is 31.5. The van der Waals surface area contributed by atoms with Crippen LogP contribution in [0.2, 0.25) is 0 Å². The highest BCUT2D eigenvalue weighted by atomic mass is 32.2. The van der Waals surface area contributed by atoms with E-state index in [0.29, 0.717) is 22.8 Å². The van der Waals surface area contributed by atoms with Crippen LogP contribution >= 0.6 is 0 Å². The van der Waals surface area contributed by atoms with E-state index in [-0.39, 0.29) is 12.4 Å². The Labute approximate surface area is 258 Å². The van der Waals surface area contributed by atoms with Gasteiger partial charge in [0.2, 0.25) is 0 Å². The van der Waals surface area contributed by atoms with Gasteiger partial charge >= 0.3 is 15.6 Å². The van der Waals surface area contributed by atoms with Gasteiger partial charge in [0.05, 0.1) is 26.5 Å². The third-order valence-electron chi connectivity index (χ3n) is 6.93. The summed E-state index contributed by atoms with van der Waals surface area (Å²) in [4.78, 5) is 8.89. The second-order valence-corrected chi connectivity index (χ2v) is 11.2. The van der Waals surface area contributed by atoms with Gasteiger partial charge in [0.25, 0.3) is 0 Å². The molecule has 5 rings (SSSR count). The molecule has 0 fully saturated rings. The van der Waals surface area contributed by atoms with Crippen LogP contribution in [-0.2, 0) is 27.1 Å². The first-order chi connectivity index (χ1) is 21.6. The predicted octanol–water partition coefficient (Wildman–Crippen LogP) is 6.90. The number of benzene rings is 4. The molecular formula is C33H27F3N2O6S. The molecule has 0 saturated carbocycles. The fourth-order valence-corrected chi connectivity index (χ4v) is 5.16. The SMILES string of the molecule is COc1ccc(C(OCc2ccnc(-c3ccc(OS(=O)(=O)C(F)(F)F)cc3)n2)(c2ccccc2)c2ccc(OC)cc2)cc1. The normalized spacial score (nSPS) is 12.0. The van der Waals surface area contributed by atoms with Crippen LogP contribution in [0.1, 0.15) is 22.4 Å². The molecule has 0 unspecified atom stereocenters. The summed E-state index contributed by atoms with van der Waals surface area (Å²) in [7, 11) is -2.61. The number of methoxy groups -OCH3 is 2. The zero-order valence-electron chi connectivity index (χ0n) is 24.1. The van der Waals surface area contributed by atoms with Crippen LogP contribution in [-0.4, -0.2) is 38.1 Å². The lowest BCUT2D eigenvalue weighted by Crippen LogP contribution is -2.33. The molecule has 0 amide bonds. The van der Waals surface area contributed by atoms with E-state index in [0.717, 1.165) is 28.8 Å². The fraction of sp³-hybridized carbons (Fsp3) is 0.152. The lowest BCUT2D eigenvalue weighted by Gasteiger charge is -2.36. The summed E-state index contributed by atoms with van der Waals surface area (Å²) in [6.07, 6.45) is 1.53. The molecule has 0 aliphatic carbocycles. The van der Waals surface area contributed by atoms with E-state index in [9.17, 15) is 21.6 Å². The Hall–Kier alpha value is -4.94. The molecule has 0 bridgehead atoms. The number of aromatic nitrogens is 2. The number of nitrogens with zero attached hydrogens (tertiary/aromatic N) is 2. The Morgan fingerprint density at radius 3 is 1.69 bits per heavy atom. The molecule has 1 heterocycles. The highest BCUT2D eigenvalue weighted by Crippen LogP contribution is 2.42. The van der Waals surface area contributed by atoms with Gasteiger partial charge in [-0.15, -0.1) is 0 Å². The molecule has 5 aromatic rings. The average Bonchev–Trinajstić information content (AvgIpc) is 3.06. The molecule has 0 atom stereocenters. The topological polar surface area (TPSA) is 96.8 Å². The van der Waals surface area contributed by atoms with Crippen molar-refractivity contribution in [3.8, 4) is 28.6 Å². The van der Waals surface area contributed by atoms with Gasteiger partial charge in [-0.25, -0.2) is 9.97 Å². The minimum absolute atomic E-state index is 0.0352. The molecule has 0 spiro atoms. The van der Waals surface area contributed by atoms with E-state index in [4.69, 9.17) is 14.2 Å². The number of hydrogen-bond acceptors (Lipinski definition) is 8. The highest BCUT2D eigenvalue weighted by Gasteiger charge is 2.48. The number of halogens is 3. The maximum atomic E-state index is 12.7. The minimum Gasteiger partial charge on any atom is -0.497 e. The Morgan fingerprint density at radius 2 is 1.18 bits per heavy atom. The van der Waals surface area contributed by atoms with E-state index < -0.39 is 27.0 Å². The Morgan fingerprint density at radius 1 is 0.667 bits per heavy atom. The molecule has 0 aliphatic rings. The van der Waals surface area contributed by atoms with Gasteiger partial charge in [-0.05, 0) is 71.3 Å². The number of ether oxygens (including phenoxy) is 3. The second kappa shape index (κ2) is 13.0. The molecule has 0 N–H and O–H groups in total. The van der Waals surface area contributed by atoms with Crippen molar-refractivity contribution >= 4 is 10.1 Å². The van der Waals surface area contributed by atoms with Crippen molar-refractivity contribution in [1.29, 1.82) is 0 Å². The summed E-state index contributed by atoms with van der Waals surface area (Å²) in [6, 6.07) is 31.5. The van der Waals surface area contributed by atoms with Crippen LogP contribution in [0.4, 0.5) is 13.2 Å². The first-order valence-corrected chi connectivity index (χ1v) is 14.9. The van der Waals surface area contributed by atoms with Crippen molar-refractivity contribution in [2.45, 2.75) is 17.7 Å². The summed E-state index contributed by atoms with van der Waals surface area (Å²) >= 11 is 0. The standard InChI is InChI=1S/C33H27F3N2O6S/c1-41-28-16-10-25(11-17-28)32(24-6-4-3-5-7-24,26-12-18-29(42-2)19-13-26)43-22-27-20-21-37-31(38-27)23-8-14-30(15-9-23)44-45(39,40)33(34,35)36/h3-21H,22H2,1-2H3. The molecule has 0 saturated heterocycles. The summed E-state index contributed by atoms with van der Waals surface area (Å²) in [5.41, 5.74) is -3.17. The zero-order chi connectivity index (χ0) is 32.1. The lowest BCUT2D eigenvalue weighted by molar-refractivity contribution is -0.0500. The average molecular weight is 637 g/mol. The third kappa shape index (κ3) is 6.76. The maximum Gasteiger partial charge on any atom is 0.534 e. The largest absolute Gasteiger partial charge is 0.534 e. The van der Waals surface area contributed by atoms with E-state index in [2.05, 4.69) is 14.2 Å². The Bertz CT molecular complexity index is 1790. The van der Waals surface area contributed by atoms with Gasteiger partial charge in [-0.3, -0.25) is 0 Å². The molecule has 0 radical (unpaired) electrons. The van der Waals surface area contributed by atoms with E-state index in [1.165, 1.54) is 18.3 Å². The van der Waals surface area contributed by atoms with Crippen molar-refractivity contribution in [3.63, 3.8) is 0 Å². The van der Waals surface area contributed by atoms with Crippen LogP contribution in [0.15, 0.2) is 115 Å². The van der Waals surface area contributed by atoms with E-state index in [1.807, 2.05) is 78.9 Å². The summed E-state index contributed by atoms with van der Waals surface area (Å²) in [6.45, 7) is 0.0352. The molecule has 12 heteroatoms. The van der Waals surface area contributed by atoms with Crippen LogP contribution in [0.25, 0.3) is 11.4 Å². The van der Waals surface area contributed by atoms with E-state index in [1.54, 1.807) is 20.3 Å². The van der Waals surface area contributed by atoms with Gasteiger partial charge in [-0.1, -0.05) is 54.6 Å². The van der Waals surface area contributed by atoms with Crippen LogP contribution in [0, 0.1) is 0 Å². The van der Waals surface area contributed by atoms with Crippen LogP contribution < -0.4 is 13.7 Å². The monoisotopic (exact) mass is 636 g/mol. The van der Waals surface area contributed by atoms with Crippen molar-refractivity contribution in [2.75, 3.05) is 14.2 Å². The summed E-state index contributed by atoms with van der Waals surface area (Å²) in [5.74, 6) is 1.12. The Kier molecular flexibility index (Phi) is 9.07. The quantitative estimate of drug-likeness (QED) is 0.0878. The number of rotatable bonds is 11. The van der Waals surface area contributed by atoms with Crippen LogP contribution in [0.5, 0.6) is 17.2 Å². The molecule has 8 nitrogen and oxygen atoms in total. The fourth-order valence-electron chi connectivity index (χ4n) is 4.71. The number of hydrogen-bond donors (Lipinski definition) is 0. The van der Waals surface area contributed by atoms with Crippen molar-refractivity contribution < 1.29 is 40.0 Å². The van der Waals surface area contributed by atoms with Crippen molar-refractivity contribution in [3.05, 3.63) is 138 Å². The van der Waals surface area contributed by atoms with Crippen LogP contribution in [0.3, 0.4) is 0 Å². The van der Waals surface area contributed by atoms with Crippen molar-refractivity contribution in [1.82, 2.24) is 9.97 Å². The van der Waals surface area contributed by atoms with E-state index >= 15 is 0 Å². The van der Waals surface area contributed by atoms with Crippen molar-refractivity contribution in [2.24, 2.45) is 0 Å². The summed E-state index contributed by atoms with van der Waals surface area (Å²) < 4.78 is 82.6. The maximum absolute atomic E-state index is 12.7. The van der Waals surface area contributed by atoms with Gasteiger partial charge in [0.15, 0.2) is 5.82 Å². The molecule has 0 aliphatic heterocycles. The smallest absolute Gasteiger partial charge is 0.497 e. The summed E-state index contributed by atoms with van der Waals surface area (Å²) in [5, 5.41) is 0. The van der Waals surface area contributed by atoms with Gasteiger partial charge < -0.3 is 18.4 Å². The van der Waals surface area contributed by atoms with Gasteiger partial charge in [0, 0.05) is 11.8 Å². The van der Waals surface area contributed by atoms with Gasteiger partial charge in [-0.2, -0.15) is 21.6 Å². The van der Waals surface area contributed by atoms with Gasteiger partial charge in [0.1, 0.15) is 22.8 Å². The second-order valence-electron chi connectivity index (χ2n) is 9.67. The minimum atomic E-state index is -5.79. The molecular weight excluding hydrogens is 609 g/mol. The molecule has 1 aromatic heterocycles. The molecule has 232 valence electrons. The highest BCUT2D eigenvalue weighted by molar-refractivity contribution is 7.88. The first-order valence-electron chi connectivity index (χ1n) is 13.5. The number of alkyl halides is 3. The predicted molar refractivity (Wildman–Crippen MR) is 160 cm³/mol. The lowest BCUT2D eigenvalue weighted by atomic mass is 9.80.